The van der Waals surface area contributed by atoms with E-state index in [9.17, 15) is 0 Å². The van der Waals surface area contributed by atoms with Crippen LogP contribution < -0.4 is 5.73 Å². The second kappa shape index (κ2) is 4.91. The molecule has 0 saturated heterocycles. The summed E-state index contributed by atoms with van der Waals surface area (Å²) in [5.41, 5.74) is 8.20. The molecule has 0 amide bonds. The van der Waals surface area contributed by atoms with Crippen LogP contribution in [-0.4, -0.2) is 0 Å². The second-order valence-electron chi connectivity index (χ2n) is 3.74. The van der Waals surface area contributed by atoms with Crippen LogP contribution in [0.1, 0.15) is 45.4 Å². The fourth-order valence-corrected chi connectivity index (χ4v) is 1.92. The van der Waals surface area contributed by atoms with Crippen LogP contribution in [0.15, 0.2) is 11.3 Å². The highest BCUT2D eigenvalue weighted by Gasteiger charge is 2.17. The zero-order valence-corrected chi connectivity index (χ0v) is 8.34. The molecule has 1 atom stereocenters. The van der Waals surface area contributed by atoms with Gasteiger partial charge in [-0.3, -0.25) is 0 Å². The summed E-state index contributed by atoms with van der Waals surface area (Å²) in [6, 6.07) is 2.30. The molecule has 0 aromatic rings. The van der Waals surface area contributed by atoms with E-state index >= 15 is 0 Å². The number of rotatable bonds is 3. The Labute approximate surface area is 80.4 Å². The third-order valence-corrected chi connectivity index (χ3v) is 2.72. The Morgan fingerprint density at radius 1 is 1.54 bits per heavy atom. The number of hydrogen-bond acceptors (Lipinski definition) is 2. The summed E-state index contributed by atoms with van der Waals surface area (Å²) < 4.78 is 0. The molecule has 0 radical (unpaired) electrons. The predicted molar refractivity (Wildman–Crippen MR) is 53.7 cm³/mol. The molecule has 2 heteroatoms. The van der Waals surface area contributed by atoms with Crippen molar-refractivity contribution in [2.24, 2.45) is 11.7 Å². The van der Waals surface area contributed by atoms with Crippen LogP contribution in [0.3, 0.4) is 0 Å². The van der Waals surface area contributed by atoms with Gasteiger partial charge in [0.25, 0.3) is 0 Å². The highest BCUT2D eigenvalue weighted by molar-refractivity contribution is 5.20. The van der Waals surface area contributed by atoms with E-state index in [2.05, 4.69) is 13.0 Å². The lowest BCUT2D eigenvalue weighted by Gasteiger charge is -2.11. The fraction of sp³-hybridized carbons (Fsp3) is 0.727. The largest absolute Gasteiger partial charge is 0.401 e. The molecule has 0 aliphatic heterocycles. The predicted octanol–water partition coefficient (Wildman–Crippen LogP) is 2.71. The molecule has 0 bridgehead atoms. The van der Waals surface area contributed by atoms with E-state index in [1.165, 1.54) is 18.4 Å². The number of nitrogens with two attached hydrogens (primary N) is 1. The quantitative estimate of drug-likeness (QED) is 0.722. The Bertz CT molecular complexity index is 227. The smallest absolute Gasteiger partial charge is 0.0856 e. The molecule has 1 unspecified atom stereocenters. The first kappa shape index (κ1) is 10.1. The van der Waals surface area contributed by atoms with Crippen molar-refractivity contribution in [1.29, 1.82) is 5.26 Å². The van der Waals surface area contributed by atoms with E-state index in [-0.39, 0.29) is 5.92 Å². The molecule has 0 aromatic heterocycles. The van der Waals surface area contributed by atoms with Crippen molar-refractivity contribution >= 4 is 0 Å². The maximum Gasteiger partial charge on any atom is 0.0856 e. The van der Waals surface area contributed by atoms with Crippen molar-refractivity contribution < 1.29 is 0 Å². The highest BCUT2D eigenvalue weighted by atomic mass is 14.6. The summed E-state index contributed by atoms with van der Waals surface area (Å²) >= 11 is 0. The van der Waals surface area contributed by atoms with Gasteiger partial charge in [0.1, 0.15) is 0 Å². The van der Waals surface area contributed by atoms with Gasteiger partial charge in [0.05, 0.1) is 12.0 Å². The average molecular weight is 178 g/mol. The second-order valence-corrected chi connectivity index (χ2v) is 3.74. The van der Waals surface area contributed by atoms with Gasteiger partial charge < -0.3 is 5.73 Å². The van der Waals surface area contributed by atoms with Crippen LogP contribution in [0.5, 0.6) is 0 Å². The molecule has 13 heavy (non-hydrogen) atoms. The van der Waals surface area contributed by atoms with Gasteiger partial charge in [0.2, 0.25) is 0 Å². The lowest BCUT2D eigenvalue weighted by atomic mass is 9.97. The Kier molecular flexibility index (Phi) is 3.82. The van der Waals surface area contributed by atoms with E-state index in [0.717, 1.165) is 31.4 Å². The minimum Gasteiger partial charge on any atom is -0.401 e. The van der Waals surface area contributed by atoms with E-state index in [0.29, 0.717) is 0 Å². The lowest BCUT2D eigenvalue weighted by molar-refractivity contribution is 0.652. The SMILES string of the molecule is CCCC(C#N)C(N)=C1CCCC1. The molecule has 1 aliphatic rings. The monoisotopic (exact) mass is 178 g/mol. The van der Waals surface area contributed by atoms with E-state index in [4.69, 9.17) is 11.0 Å². The molecular formula is C11H18N2. The number of hydrogen-bond donors (Lipinski definition) is 1. The fourth-order valence-electron chi connectivity index (χ4n) is 1.92. The van der Waals surface area contributed by atoms with E-state index in [1.807, 2.05) is 0 Å². The Hall–Kier alpha value is -0.970. The average Bonchev–Trinajstić information content (AvgIpc) is 2.65. The van der Waals surface area contributed by atoms with E-state index < -0.39 is 0 Å². The van der Waals surface area contributed by atoms with Crippen LogP contribution >= 0.6 is 0 Å². The molecule has 0 heterocycles. The van der Waals surface area contributed by atoms with Crippen molar-refractivity contribution in [3.05, 3.63) is 11.3 Å². The van der Waals surface area contributed by atoms with Gasteiger partial charge in [-0.1, -0.05) is 18.9 Å². The standard InChI is InChI=1S/C11H18N2/c1-2-5-10(8-12)11(13)9-6-3-4-7-9/h10H,2-7,13H2,1H3. The number of nitriles is 1. The number of nitrogens with zero attached hydrogens (tertiary/aromatic N) is 1. The summed E-state index contributed by atoms with van der Waals surface area (Å²) in [7, 11) is 0. The van der Waals surface area contributed by atoms with Crippen LogP contribution in [0.4, 0.5) is 0 Å². The van der Waals surface area contributed by atoms with Crippen molar-refractivity contribution in [3.63, 3.8) is 0 Å². The normalized spacial score (nSPS) is 18.3. The molecule has 1 fully saturated rings. The topological polar surface area (TPSA) is 49.8 Å². The van der Waals surface area contributed by atoms with Crippen molar-refractivity contribution in [2.75, 3.05) is 0 Å². The first-order chi connectivity index (χ1) is 6.29. The van der Waals surface area contributed by atoms with Crippen molar-refractivity contribution in [2.45, 2.75) is 45.4 Å². The van der Waals surface area contributed by atoms with Crippen molar-refractivity contribution in [3.8, 4) is 6.07 Å². The number of allylic oxidation sites excluding steroid dienone is 2. The Balaban J connectivity index is 2.67. The summed E-state index contributed by atoms with van der Waals surface area (Å²) in [5.74, 6) is -0.0295. The first-order valence-electron chi connectivity index (χ1n) is 5.16. The third-order valence-electron chi connectivity index (χ3n) is 2.72. The zero-order chi connectivity index (χ0) is 9.68. The first-order valence-corrected chi connectivity index (χ1v) is 5.16. The molecule has 2 N–H and O–H groups in total. The summed E-state index contributed by atoms with van der Waals surface area (Å²) in [4.78, 5) is 0. The van der Waals surface area contributed by atoms with Gasteiger partial charge in [0.15, 0.2) is 0 Å². The molecule has 0 spiro atoms. The molecule has 1 aliphatic carbocycles. The summed E-state index contributed by atoms with van der Waals surface area (Å²) in [6.07, 6.45) is 6.68. The minimum absolute atomic E-state index is 0.0295. The van der Waals surface area contributed by atoms with Crippen molar-refractivity contribution in [1.82, 2.24) is 0 Å². The van der Waals surface area contributed by atoms with Crippen LogP contribution in [0, 0.1) is 17.2 Å². The van der Waals surface area contributed by atoms with Gasteiger partial charge in [-0.15, -0.1) is 0 Å². The molecule has 0 aromatic carbocycles. The lowest BCUT2D eigenvalue weighted by Crippen LogP contribution is -2.12. The zero-order valence-electron chi connectivity index (χ0n) is 8.34. The Morgan fingerprint density at radius 2 is 2.15 bits per heavy atom. The molecule has 1 saturated carbocycles. The maximum atomic E-state index is 8.92. The molecular weight excluding hydrogens is 160 g/mol. The molecule has 1 rings (SSSR count). The molecule has 2 nitrogen and oxygen atoms in total. The summed E-state index contributed by atoms with van der Waals surface area (Å²) in [5, 5.41) is 8.92. The van der Waals surface area contributed by atoms with E-state index in [1.54, 1.807) is 0 Å². The summed E-state index contributed by atoms with van der Waals surface area (Å²) in [6.45, 7) is 2.09. The van der Waals surface area contributed by atoms with Crippen LogP contribution in [-0.2, 0) is 0 Å². The highest BCUT2D eigenvalue weighted by Crippen LogP contribution is 2.28. The van der Waals surface area contributed by atoms with Gasteiger partial charge in [-0.25, -0.2) is 0 Å². The van der Waals surface area contributed by atoms with Gasteiger partial charge in [0, 0.05) is 5.70 Å². The van der Waals surface area contributed by atoms with Gasteiger partial charge >= 0.3 is 0 Å². The van der Waals surface area contributed by atoms with Gasteiger partial charge in [-0.2, -0.15) is 5.26 Å². The third kappa shape index (κ3) is 2.48. The van der Waals surface area contributed by atoms with Gasteiger partial charge in [-0.05, 0) is 32.1 Å². The Morgan fingerprint density at radius 3 is 2.62 bits per heavy atom. The molecule has 72 valence electrons. The van der Waals surface area contributed by atoms with Crippen LogP contribution in [0.2, 0.25) is 0 Å². The minimum atomic E-state index is -0.0295. The van der Waals surface area contributed by atoms with Crippen LogP contribution in [0.25, 0.3) is 0 Å². The maximum absolute atomic E-state index is 8.92.